The number of hydrogen-bond acceptors (Lipinski definition) is 2. The standard InChI is InChI=1S/C12H12ClNO/c13-12-8-14-6-5-10(12)7-9-1-3-11(15)4-2-9/h1,5-6,8H,2-4,7H2. The van der Waals surface area contributed by atoms with Crippen LogP contribution < -0.4 is 0 Å². The Hall–Kier alpha value is -1.15. The predicted molar refractivity (Wildman–Crippen MR) is 59.9 cm³/mol. The lowest BCUT2D eigenvalue weighted by Crippen LogP contribution is -2.05. The average Bonchev–Trinajstić information content (AvgIpc) is 2.25. The molecule has 1 aliphatic rings. The minimum absolute atomic E-state index is 0.333. The number of aromatic nitrogens is 1. The lowest BCUT2D eigenvalue weighted by atomic mass is 9.94. The number of pyridine rings is 1. The van der Waals surface area contributed by atoms with Gasteiger partial charge in [-0.05, 0) is 24.5 Å². The van der Waals surface area contributed by atoms with Gasteiger partial charge in [0, 0.05) is 25.2 Å². The van der Waals surface area contributed by atoms with Gasteiger partial charge >= 0.3 is 0 Å². The molecule has 0 bridgehead atoms. The molecule has 0 aromatic carbocycles. The van der Waals surface area contributed by atoms with Crippen LogP contribution in [0.3, 0.4) is 0 Å². The molecule has 0 aliphatic heterocycles. The predicted octanol–water partition coefficient (Wildman–Crippen LogP) is 2.96. The Morgan fingerprint density at radius 2 is 2.27 bits per heavy atom. The van der Waals surface area contributed by atoms with Gasteiger partial charge in [-0.2, -0.15) is 0 Å². The van der Waals surface area contributed by atoms with Crippen molar-refractivity contribution in [2.75, 3.05) is 0 Å². The van der Waals surface area contributed by atoms with Gasteiger partial charge in [0.2, 0.25) is 0 Å². The minimum atomic E-state index is 0.333. The molecule has 3 heteroatoms. The third-order valence-electron chi connectivity index (χ3n) is 2.62. The maximum Gasteiger partial charge on any atom is 0.136 e. The van der Waals surface area contributed by atoms with Crippen LogP contribution in [0.15, 0.2) is 30.1 Å². The van der Waals surface area contributed by atoms with Gasteiger partial charge in [-0.3, -0.25) is 9.78 Å². The van der Waals surface area contributed by atoms with E-state index in [1.54, 1.807) is 12.4 Å². The zero-order valence-corrected chi connectivity index (χ0v) is 9.13. The van der Waals surface area contributed by atoms with E-state index >= 15 is 0 Å². The fourth-order valence-electron chi connectivity index (χ4n) is 1.71. The quantitative estimate of drug-likeness (QED) is 0.719. The maximum atomic E-state index is 11.0. The fourth-order valence-corrected chi connectivity index (χ4v) is 1.90. The van der Waals surface area contributed by atoms with Crippen LogP contribution in [-0.2, 0) is 11.2 Å². The van der Waals surface area contributed by atoms with Gasteiger partial charge in [0.15, 0.2) is 0 Å². The van der Waals surface area contributed by atoms with Gasteiger partial charge in [0.05, 0.1) is 5.02 Å². The van der Waals surface area contributed by atoms with Gasteiger partial charge in [0.1, 0.15) is 5.78 Å². The number of halogens is 1. The molecular weight excluding hydrogens is 210 g/mol. The average molecular weight is 222 g/mol. The highest BCUT2D eigenvalue weighted by atomic mass is 35.5. The van der Waals surface area contributed by atoms with E-state index in [9.17, 15) is 4.79 Å². The van der Waals surface area contributed by atoms with E-state index in [4.69, 9.17) is 11.6 Å². The molecule has 1 aromatic rings. The second kappa shape index (κ2) is 4.58. The molecule has 0 N–H and O–H groups in total. The second-order valence-electron chi connectivity index (χ2n) is 3.75. The van der Waals surface area contributed by atoms with Crippen molar-refractivity contribution in [2.24, 2.45) is 0 Å². The van der Waals surface area contributed by atoms with Crippen molar-refractivity contribution in [3.8, 4) is 0 Å². The molecule has 0 fully saturated rings. The Labute approximate surface area is 94.0 Å². The van der Waals surface area contributed by atoms with Crippen LogP contribution in [0.2, 0.25) is 5.02 Å². The van der Waals surface area contributed by atoms with Crippen molar-refractivity contribution < 1.29 is 4.79 Å². The summed E-state index contributed by atoms with van der Waals surface area (Å²) in [5.74, 6) is 0.333. The number of nitrogens with zero attached hydrogens (tertiary/aromatic N) is 1. The normalized spacial score (nSPS) is 16.3. The van der Waals surface area contributed by atoms with Crippen LogP contribution in [0.5, 0.6) is 0 Å². The maximum absolute atomic E-state index is 11.0. The van der Waals surface area contributed by atoms with Crippen LogP contribution >= 0.6 is 11.6 Å². The van der Waals surface area contributed by atoms with Gasteiger partial charge in [-0.25, -0.2) is 0 Å². The van der Waals surface area contributed by atoms with Gasteiger partial charge in [-0.15, -0.1) is 0 Å². The summed E-state index contributed by atoms with van der Waals surface area (Å²) < 4.78 is 0. The summed E-state index contributed by atoms with van der Waals surface area (Å²) >= 11 is 6.02. The molecule has 1 aromatic heterocycles. The number of carbonyl (C=O) groups is 1. The lowest BCUT2D eigenvalue weighted by molar-refractivity contribution is -0.118. The molecule has 0 amide bonds. The van der Waals surface area contributed by atoms with Crippen LogP contribution in [0.4, 0.5) is 0 Å². The molecule has 0 saturated carbocycles. The first-order valence-electron chi connectivity index (χ1n) is 5.03. The van der Waals surface area contributed by atoms with E-state index in [2.05, 4.69) is 4.98 Å². The number of rotatable bonds is 2. The molecule has 0 unspecified atom stereocenters. The number of allylic oxidation sites excluding steroid dienone is 2. The zero-order valence-electron chi connectivity index (χ0n) is 8.37. The Balaban J connectivity index is 2.10. The molecule has 1 heterocycles. The van der Waals surface area contributed by atoms with Crippen molar-refractivity contribution in [3.05, 3.63) is 40.7 Å². The molecule has 0 spiro atoms. The topological polar surface area (TPSA) is 30.0 Å². The number of Topliss-reactive ketones (excluding diaryl/α,β-unsaturated/α-hetero) is 1. The molecule has 0 radical (unpaired) electrons. The third-order valence-corrected chi connectivity index (χ3v) is 2.96. The summed E-state index contributed by atoms with van der Waals surface area (Å²) in [6.45, 7) is 0. The molecule has 2 rings (SSSR count). The van der Waals surface area contributed by atoms with Crippen molar-refractivity contribution >= 4 is 17.4 Å². The highest BCUT2D eigenvalue weighted by Crippen LogP contribution is 2.22. The molecule has 78 valence electrons. The summed E-state index contributed by atoms with van der Waals surface area (Å²) in [5, 5.41) is 0.704. The van der Waals surface area contributed by atoms with Gasteiger partial charge in [0.25, 0.3) is 0 Å². The summed E-state index contributed by atoms with van der Waals surface area (Å²) in [7, 11) is 0. The molecule has 0 saturated heterocycles. The van der Waals surface area contributed by atoms with Crippen LogP contribution in [0, 0.1) is 0 Å². The van der Waals surface area contributed by atoms with Crippen molar-refractivity contribution in [1.29, 1.82) is 0 Å². The highest BCUT2D eigenvalue weighted by Gasteiger charge is 2.11. The van der Waals surface area contributed by atoms with Gasteiger partial charge < -0.3 is 0 Å². The summed E-state index contributed by atoms with van der Waals surface area (Å²) in [5.41, 5.74) is 2.40. The monoisotopic (exact) mass is 221 g/mol. The van der Waals surface area contributed by atoms with Gasteiger partial charge in [-0.1, -0.05) is 23.3 Å². The van der Waals surface area contributed by atoms with Crippen LogP contribution in [0.1, 0.15) is 24.8 Å². The Morgan fingerprint density at radius 3 is 2.93 bits per heavy atom. The highest BCUT2D eigenvalue weighted by molar-refractivity contribution is 6.31. The largest absolute Gasteiger partial charge is 0.299 e. The zero-order chi connectivity index (χ0) is 10.7. The lowest BCUT2D eigenvalue weighted by Gasteiger charge is -2.12. The number of hydrogen-bond donors (Lipinski definition) is 0. The van der Waals surface area contributed by atoms with Crippen molar-refractivity contribution in [1.82, 2.24) is 4.98 Å². The van der Waals surface area contributed by atoms with E-state index < -0.39 is 0 Å². The molecule has 0 atom stereocenters. The van der Waals surface area contributed by atoms with Crippen LogP contribution in [-0.4, -0.2) is 10.8 Å². The van der Waals surface area contributed by atoms with Crippen LogP contribution in [0.25, 0.3) is 0 Å². The first kappa shape index (κ1) is 10.4. The molecule has 1 aliphatic carbocycles. The first-order chi connectivity index (χ1) is 7.25. The smallest absolute Gasteiger partial charge is 0.136 e. The number of ketones is 1. The molecular formula is C12H12ClNO. The van der Waals surface area contributed by atoms with E-state index in [0.29, 0.717) is 23.6 Å². The fraction of sp³-hybridized carbons (Fsp3) is 0.333. The summed E-state index contributed by atoms with van der Waals surface area (Å²) in [4.78, 5) is 15.0. The molecule has 15 heavy (non-hydrogen) atoms. The summed E-state index contributed by atoms with van der Waals surface area (Å²) in [6, 6.07) is 1.93. The van der Waals surface area contributed by atoms with E-state index in [1.807, 2.05) is 12.1 Å². The summed E-state index contributed by atoms with van der Waals surface area (Å²) in [6.07, 6.45) is 8.41. The number of carbonyl (C=O) groups excluding carboxylic acids is 1. The van der Waals surface area contributed by atoms with Crippen molar-refractivity contribution in [3.63, 3.8) is 0 Å². The Bertz CT molecular complexity index is 412. The minimum Gasteiger partial charge on any atom is -0.299 e. The van der Waals surface area contributed by atoms with E-state index in [-0.39, 0.29) is 0 Å². The first-order valence-corrected chi connectivity index (χ1v) is 5.41. The third kappa shape index (κ3) is 2.66. The SMILES string of the molecule is O=C1CC=C(Cc2ccncc2Cl)CC1. The van der Waals surface area contributed by atoms with E-state index in [0.717, 1.165) is 18.4 Å². The van der Waals surface area contributed by atoms with E-state index in [1.165, 1.54) is 5.57 Å². The second-order valence-corrected chi connectivity index (χ2v) is 4.16. The van der Waals surface area contributed by atoms with Crippen molar-refractivity contribution in [2.45, 2.75) is 25.7 Å². The Morgan fingerprint density at radius 1 is 1.40 bits per heavy atom. The Kier molecular flexibility index (Phi) is 3.17. The molecule has 2 nitrogen and oxygen atoms in total.